The van der Waals surface area contributed by atoms with Gasteiger partial charge in [0.15, 0.2) is 0 Å². The van der Waals surface area contributed by atoms with Gasteiger partial charge in [0.25, 0.3) is 0 Å². The molecule has 1 aromatic carbocycles. The molecule has 1 atom stereocenters. The van der Waals surface area contributed by atoms with Gasteiger partial charge >= 0.3 is 0 Å². The van der Waals surface area contributed by atoms with Crippen molar-refractivity contribution in [3.05, 3.63) is 52.0 Å². The number of nitrogens with one attached hydrogen (secondary N) is 1. The van der Waals surface area contributed by atoms with Crippen LogP contribution in [0.4, 0.5) is 4.39 Å². The number of nitrogens with zero attached hydrogens (tertiary/aromatic N) is 1. The van der Waals surface area contributed by atoms with E-state index in [0.29, 0.717) is 17.2 Å². The third kappa shape index (κ3) is 3.16. The summed E-state index contributed by atoms with van der Waals surface area (Å²) >= 11 is 3.48. The van der Waals surface area contributed by atoms with Gasteiger partial charge in [-0.3, -0.25) is 4.98 Å². The van der Waals surface area contributed by atoms with Crippen LogP contribution in [-0.4, -0.2) is 26.3 Å². The van der Waals surface area contributed by atoms with Crippen LogP contribution in [0.15, 0.2) is 34.9 Å². The molecule has 0 bridgehead atoms. The third-order valence-corrected chi connectivity index (χ3v) is 3.91. The highest BCUT2D eigenvalue weighted by Crippen LogP contribution is 2.40. The van der Waals surface area contributed by atoms with E-state index in [1.807, 2.05) is 19.2 Å². The molecule has 0 aliphatic heterocycles. The van der Waals surface area contributed by atoms with Crippen LogP contribution >= 0.6 is 15.9 Å². The van der Waals surface area contributed by atoms with Crippen molar-refractivity contribution in [1.29, 1.82) is 0 Å². The highest BCUT2D eigenvalue weighted by molar-refractivity contribution is 9.10. The number of rotatable bonds is 5. The summed E-state index contributed by atoms with van der Waals surface area (Å²) in [6.45, 7) is 0. The summed E-state index contributed by atoms with van der Waals surface area (Å²) in [7, 11) is 5.00. The van der Waals surface area contributed by atoms with Crippen LogP contribution in [0, 0.1) is 5.82 Å². The summed E-state index contributed by atoms with van der Waals surface area (Å²) in [6, 6.07) is 6.55. The van der Waals surface area contributed by atoms with Crippen molar-refractivity contribution in [3.63, 3.8) is 0 Å². The van der Waals surface area contributed by atoms with Crippen LogP contribution in [0.1, 0.15) is 17.3 Å². The van der Waals surface area contributed by atoms with Gasteiger partial charge in [0, 0.05) is 5.56 Å². The molecule has 0 aliphatic rings. The summed E-state index contributed by atoms with van der Waals surface area (Å²) in [5, 5.41) is 3.17. The zero-order chi connectivity index (χ0) is 15.4. The Labute approximate surface area is 131 Å². The lowest BCUT2D eigenvalue weighted by atomic mass is 10.0. The van der Waals surface area contributed by atoms with E-state index in [-0.39, 0.29) is 11.9 Å². The SMILES string of the molecule is CNC(c1ccc(F)cn1)c1ccc(OC)c(Br)c1OC. The van der Waals surface area contributed by atoms with Crippen LogP contribution < -0.4 is 14.8 Å². The largest absolute Gasteiger partial charge is 0.495 e. The normalized spacial score (nSPS) is 12.0. The topological polar surface area (TPSA) is 43.4 Å². The maximum Gasteiger partial charge on any atom is 0.141 e. The van der Waals surface area contributed by atoms with Gasteiger partial charge in [0.2, 0.25) is 0 Å². The van der Waals surface area contributed by atoms with Crippen LogP contribution in [0.5, 0.6) is 11.5 Å². The first-order valence-corrected chi connectivity index (χ1v) is 7.10. The molecular formula is C15H16BrFN2O2. The van der Waals surface area contributed by atoms with Gasteiger partial charge in [-0.1, -0.05) is 0 Å². The lowest BCUT2D eigenvalue weighted by Gasteiger charge is -2.21. The van der Waals surface area contributed by atoms with Gasteiger partial charge in [-0.25, -0.2) is 4.39 Å². The lowest BCUT2D eigenvalue weighted by molar-refractivity contribution is 0.383. The fourth-order valence-electron chi connectivity index (χ4n) is 2.17. The van der Waals surface area contributed by atoms with E-state index in [4.69, 9.17) is 9.47 Å². The summed E-state index contributed by atoms with van der Waals surface area (Å²) in [6.07, 6.45) is 1.20. The Bertz CT molecular complexity index is 620. The molecule has 2 aromatic rings. The van der Waals surface area contributed by atoms with Crippen molar-refractivity contribution in [2.24, 2.45) is 0 Å². The average Bonchev–Trinajstić information content (AvgIpc) is 2.50. The second-order valence-corrected chi connectivity index (χ2v) is 5.12. The molecule has 0 saturated carbocycles. The summed E-state index contributed by atoms with van der Waals surface area (Å²) < 4.78 is 24.5. The Morgan fingerprint density at radius 1 is 1.19 bits per heavy atom. The van der Waals surface area contributed by atoms with E-state index in [9.17, 15) is 4.39 Å². The van der Waals surface area contributed by atoms with Crippen LogP contribution in [0.25, 0.3) is 0 Å². The number of aromatic nitrogens is 1. The van der Waals surface area contributed by atoms with E-state index >= 15 is 0 Å². The zero-order valence-electron chi connectivity index (χ0n) is 12.0. The minimum atomic E-state index is -0.364. The minimum absolute atomic E-state index is 0.220. The van der Waals surface area contributed by atoms with E-state index in [1.54, 1.807) is 20.3 Å². The fraction of sp³-hybridized carbons (Fsp3) is 0.267. The van der Waals surface area contributed by atoms with Crippen molar-refractivity contribution in [3.8, 4) is 11.5 Å². The highest BCUT2D eigenvalue weighted by Gasteiger charge is 2.21. The quantitative estimate of drug-likeness (QED) is 0.894. The molecule has 112 valence electrons. The Morgan fingerprint density at radius 2 is 1.95 bits per heavy atom. The van der Waals surface area contributed by atoms with Crippen LogP contribution in [0.3, 0.4) is 0 Å². The first kappa shape index (κ1) is 15.7. The molecule has 1 unspecified atom stereocenters. The van der Waals surface area contributed by atoms with Gasteiger partial charge in [0.05, 0.1) is 32.2 Å². The molecule has 6 heteroatoms. The van der Waals surface area contributed by atoms with E-state index in [1.165, 1.54) is 12.3 Å². The molecule has 0 spiro atoms. The second kappa shape index (κ2) is 6.87. The maximum atomic E-state index is 13.0. The van der Waals surface area contributed by atoms with Gasteiger partial charge in [-0.2, -0.15) is 0 Å². The number of hydrogen-bond donors (Lipinski definition) is 1. The van der Waals surface area contributed by atoms with Gasteiger partial charge in [-0.15, -0.1) is 0 Å². The summed E-state index contributed by atoms with van der Waals surface area (Å²) in [5.74, 6) is 0.967. The van der Waals surface area contributed by atoms with Gasteiger partial charge in [-0.05, 0) is 47.2 Å². The first-order valence-electron chi connectivity index (χ1n) is 6.31. The Morgan fingerprint density at radius 3 is 2.48 bits per heavy atom. The highest BCUT2D eigenvalue weighted by atomic mass is 79.9. The van der Waals surface area contributed by atoms with Crippen molar-refractivity contribution in [1.82, 2.24) is 10.3 Å². The van der Waals surface area contributed by atoms with Crippen LogP contribution in [-0.2, 0) is 0 Å². The standard InChI is InChI=1S/C15H16BrFN2O2/c1-18-14(11-6-4-9(17)8-19-11)10-5-7-12(20-2)13(16)15(10)21-3/h4-8,14,18H,1-3H3. The molecule has 21 heavy (non-hydrogen) atoms. The maximum absolute atomic E-state index is 13.0. The average molecular weight is 355 g/mol. The minimum Gasteiger partial charge on any atom is -0.495 e. The molecule has 2 rings (SSSR count). The van der Waals surface area contributed by atoms with Crippen molar-refractivity contribution in [2.75, 3.05) is 21.3 Å². The number of methoxy groups -OCH3 is 2. The molecule has 0 radical (unpaired) electrons. The van der Waals surface area contributed by atoms with E-state index < -0.39 is 0 Å². The Kier molecular flexibility index (Phi) is 5.14. The Hall–Kier alpha value is -1.66. The van der Waals surface area contributed by atoms with E-state index in [0.717, 1.165) is 10.0 Å². The molecule has 0 fully saturated rings. The predicted octanol–water partition coefficient (Wildman–Crippen LogP) is 3.31. The van der Waals surface area contributed by atoms with E-state index in [2.05, 4.69) is 26.2 Å². The van der Waals surface area contributed by atoms with Crippen molar-refractivity contribution >= 4 is 15.9 Å². The number of benzene rings is 1. The molecule has 1 N–H and O–H groups in total. The molecule has 0 saturated heterocycles. The van der Waals surface area contributed by atoms with Gasteiger partial charge < -0.3 is 14.8 Å². The summed E-state index contributed by atoms with van der Waals surface area (Å²) in [5.41, 5.74) is 1.58. The summed E-state index contributed by atoms with van der Waals surface area (Å²) in [4.78, 5) is 4.13. The molecule has 0 aliphatic carbocycles. The fourth-order valence-corrected chi connectivity index (χ4v) is 2.85. The second-order valence-electron chi connectivity index (χ2n) is 4.33. The molecular weight excluding hydrogens is 339 g/mol. The predicted molar refractivity (Wildman–Crippen MR) is 82.3 cm³/mol. The van der Waals surface area contributed by atoms with Crippen molar-refractivity contribution < 1.29 is 13.9 Å². The third-order valence-electron chi connectivity index (χ3n) is 3.16. The Balaban J connectivity index is 2.52. The number of pyridine rings is 1. The molecule has 4 nitrogen and oxygen atoms in total. The number of halogens is 2. The molecule has 1 heterocycles. The van der Waals surface area contributed by atoms with Gasteiger partial charge in [0.1, 0.15) is 21.8 Å². The lowest BCUT2D eigenvalue weighted by Crippen LogP contribution is -2.20. The first-order chi connectivity index (χ1) is 10.1. The monoisotopic (exact) mass is 354 g/mol. The smallest absolute Gasteiger partial charge is 0.141 e. The molecule has 0 amide bonds. The zero-order valence-corrected chi connectivity index (χ0v) is 13.6. The van der Waals surface area contributed by atoms with Crippen LogP contribution in [0.2, 0.25) is 0 Å². The molecule has 1 aromatic heterocycles. The number of hydrogen-bond acceptors (Lipinski definition) is 4. The number of ether oxygens (including phenoxy) is 2. The van der Waals surface area contributed by atoms with Crippen molar-refractivity contribution in [2.45, 2.75) is 6.04 Å².